The monoisotopic (exact) mass is 828 g/mol. The van der Waals surface area contributed by atoms with Gasteiger partial charge in [-0.3, -0.25) is 14.6 Å². The number of nitrogens with zero attached hydrogens (tertiary/aromatic N) is 6. The Labute approximate surface area is 361 Å². The Kier molecular flexibility index (Phi) is 11.7. The summed E-state index contributed by atoms with van der Waals surface area (Å²) in [6.45, 7) is 5.76. The molecule has 10 heteroatoms. The SMILES string of the molecule is CCCc1c(C(=O)C(=O)C2=C(Cc3ccccc3F)N(N3CCC(c4cn(Cc5ccccc5F)c5ccccc45)C3)N(c3ccccc3)C2CCC)cnn1-c1ccccc1. The first-order valence-corrected chi connectivity index (χ1v) is 21.7. The Morgan fingerprint density at radius 2 is 1.37 bits per heavy atom. The lowest BCUT2D eigenvalue weighted by Crippen LogP contribution is -2.52. The van der Waals surface area contributed by atoms with Gasteiger partial charge in [0.25, 0.3) is 0 Å². The number of allylic oxidation sites excluding steroid dienone is 1. The number of para-hydroxylation sites is 3. The van der Waals surface area contributed by atoms with Crippen LogP contribution in [0.4, 0.5) is 14.5 Å². The maximum absolute atomic E-state index is 15.8. The van der Waals surface area contributed by atoms with E-state index < -0.39 is 17.6 Å². The summed E-state index contributed by atoms with van der Waals surface area (Å²) in [7, 11) is 0. The third-order valence-corrected chi connectivity index (χ3v) is 12.3. The number of Topliss-reactive ketones (excluding diaryl/α,β-unsaturated/α-hetero) is 2. The number of carbonyl (C=O) groups is 2. The number of hydrazine groups is 2. The topological polar surface area (TPSA) is 66.6 Å². The molecule has 8 nitrogen and oxygen atoms in total. The minimum atomic E-state index is -0.616. The third-order valence-electron chi connectivity index (χ3n) is 12.3. The Balaban J connectivity index is 1.16. The van der Waals surface area contributed by atoms with Crippen molar-refractivity contribution >= 4 is 28.2 Å². The molecule has 1 saturated heterocycles. The second-order valence-corrected chi connectivity index (χ2v) is 16.3. The van der Waals surface area contributed by atoms with E-state index in [-0.39, 0.29) is 29.5 Å². The molecule has 2 aromatic heterocycles. The van der Waals surface area contributed by atoms with Crippen molar-refractivity contribution < 1.29 is 18.4 Å². The van der Waals surface area contributed by atoms with E-state index >= 15 is 9.18 Å². The molecule has 4 heterocycles. The Morgan fingerprint density at radius 3 is 2.06 bits per heavy atom. The average Bonchev–Trinajstić information content (AvgIpc) is 4.10. The summed E-state index contributed by atoms with van der Waals surface area (Å²) in [4.78, 5) is 30.2. The van der Waals surface area contributed by atoms with Crippen LogP contribution >= 0.6 is 0 Å². The minimum absolute atomic E-state index is 0.0838. The van der Waals surface area contributed by atoms with Crippen LogP contribution in [0, 0.1) is 11.6 Å². The Hall–Kier alpha value is -6.65. The minimum Gasteiger partial charge on any atom is -0.343 e. The number of hydrogen-bond acceptors (Lipinski definition) is 6. The fourth-order valence-corrected chi connectivity index (χ4v) is 9.46. The smallest absolute Gasteiger partial charge is 0.236 e. The number of hydrogen-bond donors (Lipinski definition) is 0. The van der Waals surface area contributed by atoms with Gasteiger partial charge < -0.3 is 4.57 Å². The molecule has 0 radical (unpaired) electrons. The van der Waals surface area contributed by atoms with Crippen LogP contribution in [0.3, 0.4) is 0 Å². The lowest BCUT2D eigenvalue weighted by molar-refractivity contribution is -0.112. The van der Waals surface area contributed by atoms with Gasteiger partial charge in [0.05, 0.1) is 52.7 Å². The molecule has 9 rings (SSSR count). The van der Waals surface area contributed by atoms with Crippen LogP contribution in [0.25, 0.3) is 16.6 Å². The molecule has 7 aromatic rings. The van der Waals surface area contributed by atoms with Crippen LogP contribution in [0.2, 0.25) is 0 Å². The standard InChI is InChI=1S/C52H50F2N6O2/c1-3-17-47-42(32-55-58(47)39-21-7-5-8-22-39)51(61)52(62)50-48(18-4-2)59(40-23-9-6-10-24-40)60(49(50)31-36-19-11-14-26-44(36)53)57-30-29-37(34-57)43-35-56(46-28-16-13-25-41(43)46)33-38-20-12-15-27-45(38)54/h5-16,19-28,32,35,37,48H,3-4,17-18,29-31,33-34H2,1-2H3. The van der Waals surface area contributed by atoms with E-state index in [0.717, 1.165) is 41.5 Å². The van der Waals surface area contributed by atoms with Crippen LogP contribution in [-0.4, -0.2) is 55.2 Å². The van der Waals surface area contributed by atoms with Gasteiger partial charge in [-0.2, -0.15) is 5.10 Å². The highest BCUT2D eigenvalue weighted by molar-refractivity contribution is 6.49. The maximum Gasteiger partial charge on any atom is 0.236 e. The van der Waals surface area contributed by atoms with E-state index in [1.807, 2.05) is 91.9 Å². The normalized spacial score (nSPS) is 16.8. The van der Waals surface area contributed by atoms with Gasteiger partial charge >= 0.3 is 0 Å². The molecule has 0 bridgehead atoms. The molecule has 1 fully saturated rings. The molecular formula is C52H50F2N6O2. The van der Waals surface area contributed by atoms with Gasteiger partial charge in [-0.15, -0.1) is 0 Å². The molecule has 0 saturated carbocycles. The predicted octanol–water partition coefficient (Wildman–Crippen LogP) is 10.7. The molecule has 2 atom stereocenters. The molecule has 0 spiro atoms. The molecule has 0 aliphatic carbocycles. The largest absolute Gasteiger partial charge is 0.343 e. The van der Waals surface area contributed by atoms with Gasteiger partial charge in [-0.1, -0.05) is 118 Å². The molecule has 2 aliphatic rings. The van der Waals surface area contributed by atoms with Crippen molar-refractivity contribution in [1.82, 2.24) is 24.5 Å². The molecule has 62 heavy (non-hydrogen) atoms. The zero-order valence-corrected chi connectivity index (χ0v) is 35.1. The first-order chi connectivity index (χ1) is 30.4. The highest BCUT2D eigenvalue weighted by atomic mass is 19.1. The van der Waals surface area contributed by atoms with Gasteiger partial charge in [0.2, 0.25) is 11.6 Å². The molecule has 5 aromatic carbocycles. The average molecular weight is 829 g/mol. The molecular weight excluding hydrogens is 779 g/mol. The number of benzene rings is 5. The van der Waals surface area contributed by atoms with E-state index in [9.17, 15) is 9.18 Å². The lowest BCUT2D eigenvalue weighted by Gasteiger charge is -2.42. The van der Waals surface area contributed by atoms with Crippen molar-refractivity contribution in [1.29, 1.82) is 0 Å². The molecule has 0 amide bonds. The number of carbonyl (C=O) groups excluding carboxylic acids is 2. The third kappa shape index (κ3) is 7.64. The van der Waals surface area contributed by atoms with Crippen LogP contribution in [-0.2, 0) is 24.2 Å². The zero-order chi connectivity index (χ0) is 42.7. The fraction of sp³-hybridized carbons (Fsp3) is 0.250. The number of halogens is 2. The van der Waals surface area contributed by atoms with Crippen LogP contribution in [0.15, 0.2) is 157 Å². The molecule has 2 unspecified atom stereocenters. The first-order valence-electron chi connectivity index (χ1n) is 21.7. The van der Waals surface area contributed by atoms with E-state index in [2.05, 4.69) is 50.1 Å². The van der Waals surface area contributed by atoms with Crippen LogP contribution in [0.5, 0.6) is 0 Å². The van der Waals surface area contributed by atoms with E-state index in [0.29, 0.717) is 60.6 Å². The highest BCUT2D eigenvalue weighted by Crippen LogP contribution is 2.43. The summed E-state index contributed by atoms with van der Waals surface area (Å²) in [6, 6.07) is 40.9. The summed E-state index contributed by atoms with van der Waals surface area (Å²) >= 11 is 0. The van der Waals surface area contributed by atoms with Crippen LogP contribution in [0.1, 0.15) is 78.2 Å². The highest BCUT2D eigenvalue weighted by Gasteiger charge is 2.47. The van der Waals surface area contributed by atoms with Crippen molar-refractivity contribution in [2.24, 2.45) is 0 Å². The second-order valence-electron chi connectivity index (χ2n) is 16.3. The van der Waals surface area contributed by atoms with Crippen molar-refractivity contribution in [3.05, 3.63) is 197 Å². The molecule has 0 N–H and O–H groups in total. The summed E-state index contributed by atoms with van der Waals surface area (Å²) in [5.74, 6) is -1.75. The number of rotatable bonds is 15. The number of ketones is 2. The van der Waals surface area contributed by atoms with Crippen molar-refractivity contribution in [2.75, 3.05) is 18.1 Å². The Bertz CT molecular complexity index is 2760. The van der Waals surface area contributed by atoms with Gasteiger partial charge in [0.1, 0.15) is 11.6 Å². The van der Waals surface area contributed by atoms with Gasteiger partial charge in [-0.05, 0) is 72.9 Å². The van der Waals surface area contributed by atoms with Gasteiger partial charge in [0, 0.05) is 48.1 Å². The number of anilines is 1. The number of fused-ring (bicyclic) bond motifs is 1. The molecule has 314 valence electrons. The van der Waals surface area contributed by atoms with Gasteiger partial charge in [0.15, 0.2) is 0 Å². The van der Waals surface area contributed by atoms with Crippen molar-refractivity contribution in [2.45, 2.75) is 70.9 Å². The van der Waals surface area contributed by atoms with Crippen LogP contribution < -0.4 is 5.01 Å². The van der Waals surface area contributed by atoms with E-state index in [4.69, 9.17) is 0 Å². The molecule has 2 aliphatic heterocycles. The quantitative estimate of drug-likeness (QED) is 0.0758. The number of aromatic nitrogens is 3. The van der Waals surface area contributed by atoms with E-state index in [1.165, 1.54) is 23.9 Å². The van der Waals surface area contributed by atoms with Crippen molar-refractivity contribution in [3.63, 3.8) is 0 Å². The Morgan fingerprint density at radius 1 is 0.726 bits per heavy atom. The maximum atomic E-state index is 15.8. The summed E-state index contributed by atoms with van der Waals surface area (Å²) in [5.41, 5.74) is 6.87. The van der Waals surface area contributed by atoms with Gasteiger partial charge in [-0.25, -0.2) is 23.6 Å². The summed E-state index contributed by atoms with van der Waals surface area (Å²) in [6.07, 6.45) is 7.20. The second kappa shape index (κ2) is 17.8. The first kappa shape index (κ1) is 40.7. The fourth-order valence-electron chi connectivity index (χ4n) is 9.46. The summed E-state index contributed by atoms with van der Waals surface area (Å²) < 4.78 is 34.7. The lowest BCUT2D eigenvalue weighted by atomic mass is 9.91. The van der Waals surface area contributed by atoms with Crippen molar-refractivity contribution in [3.8, 4) is 5.69 Å². The summed E-state index contributed by atoms with van der Waals surface area (Å²) in [5, 5.41) is 12.3. The van der Waals surface area contributed by atoms with E-state index in [1.54, 1.807) is 28.9 Å². The zero-order valence-electron chi connectivity index (χ0n) is 35.1. The predicted molar refractivity (Wildman–Crippen MR) is 240 cm³/mol.